The lowest BCUT2D eigenvalue weighted by atomic mass is 10.1. The van der Waals surface area contributed by atoms with Crippen molar-refractivity contribution in [1.29, 1.82) is 0 Å². The Kier molecular flexibility index (Phi) is 7.10. The molecule has 112 valence electrons. The third-order valence-electron chi connectivity index (χ3n) is 3.24. The molecule has 1 aromatic carbocycles. The summed E-state index contributed by atoms with van der Waals surface area (Å²) in [5.74, 6) is 0.747. The van der Waals surface area contributed by atoms with Crippen LogP contribution in [-0.2, 0) is 4.79 Å². The lowest BCUT2D eigenvalue weighted by Crippen LogP contribution is -2.36. The number of amides is 1. The third-order valence-corrected chi connectivity index (χ3v) is 4.07. The van der Waals surface area contributed by atoms with Crippen molar-refractivity contribution in [3.63, 3.8) is 0 Å². The first kappa shape index (κ1) is 17.6. The SMILES string of the molecule is CC(NC(=O)CNCC1CC1)c1cccc(Cl)c1Cl.Cl. The second-order valence-electron chi connectivity index (χ2n) is 5.01. The van der Waals surface area contributed by atoms with E-state index in [1.54, 1.807) is 6.07 Å². The molecule has 0 aromatic heterocycles. The molecule has 0 saturated heterocycles. The van der Waals surface area contributed by atoms with E-state index < -0.39 is 0 Å². The van der Waals surface area contributed by atoms with Crippen molar-refractivity contribution >= 4 is 41.5 Å². The van der Waals surface area contributed by atoms with Crippen LogP contribution in [0.1, 0.15) is 31.4 Å². The first-order valence-electron chi connectivity index (χ1n) is 6.52. The van der Waals surface area contributed by atoms with Gasteiger partial charge in [0.15, 0.2) is 0 Å². The molecule has 0 bridgehead atoms. The fourth-order valence-electron chi connectivity index (χ4n) is 1.94. The summed E-state index contributed by atoms with van der Waals surface area (Å²) in [4.78, 5) is 11.8. The van der Waals surface area contributed by atoms with E-state index in [1.165, 1.54) is 12.8 Å². The van der Waals surface area contributed by atoms with Crippen LogP contribution >= 0.6 is 35.6 Å². The fraction of sp³-hybridized carbons (Fsp3) is 0.500. The Bertz CT molecular complexity index is 464. The normalized spacial score (nSPS) is 15.3. The van der Waals surface area contributed by atoms with Gasteiger partial charge in [0, 0.05) is 0 Å². The van der Waals surface area contributed by atoms with Crippen molar-refractivity contribution in [3.8, 4) is 0 Å². The van der Waals surface area contributed by atoms with Gasteiger partial charge in [0.2, 0.25) is 5.91 Å². The fourth-order valence-corrected chi connectivity index (χ4v) is 2.41. The summed E-state index contributed by atoms with van der Waals surface area (Å²) in [5, 5.41) is 7.08. The molecule has 1 aromatic rings. The summed E-state index contributed by atoms with van der Waals surface area (Å²) >= 11 is 12.1. The van der Waals surface area contributed by atoms with Crippen LogP contribution in [0.5, 0.6) is 0 Å². The lowest BCUT2D eigenvalue weighted by molar-refractivity contribution is -0.120. The Morgan fingerprint density at radius 2 is 2.10 bits per heavy atom. The number of hydrogen-bond donors (Lipinski definition) is 2. The molecule has 20 heavy (non-hydrogen) atoms. The molecule has 1 unspecified atom stereocenters. The van der Waals surface area contributed by atoms with Crippen molar-refractivity contribution in [2.45, 2.75) is 25.8 Å². The Labute approximate surface area is 135 Å². The van der Waals surface area contributed by atoms with Crippen LogP contribution in [-0.4, -0.2) is 19.0 Å². The number of rotatable bonds is 6. The monoisotopic (exact) mass is 336 g/mol. The van der Waals surface area contributed by atoms with E-state index in [0.717, 1.165) is 18.0 Å². The highest BCUT2D eigenvalue weighted by atomic mass is 35.5. The molecule has 1 aliphatic rings. The van der Waals surface area contributed by atoms with Gasteiger partial charge in [0.1, 0.15) is 0 Å². The average molecular weight is 338 g/mol. The van der Waals surface area contributed by atoms with Crippen LogP contribution in [0.4, 0.5) is 0 Å². The van der Waals surface area contributed by atoms with Gasteiger partial charge in [-0.15, -0.1) is 12.4 Å². The summed E-state index contributed by atoms with van der Waals surface area (Å²) in [7, 11) is 0. The molecule has 0 heterocycles. The van der Waals surface area contributed by atoms with E-state index in [9.17, 15) is 4.79 Å². The van der Waals surface area contributed by atoms with Gasteiger partial charge in [-0.2, -0.15) is 0 Å². The molecular formula is C14H19Cl3N2O. The minimum Gasteiger partial charge on any atom is -0.348 e. The Hall–Kier alpha value is -0.480. The Morgan fingerprint density at radius 3 is 2.75 bits per heavy atom. The smallest absolute Gasteiger partial charge is 0.234 e. The van der Waals surface area contributed by atoms with Crippen LogP contribution < -0.4 is 10.6 Å². The molecule has 3 nitrogen and oxygen atoms in total. The zero-order valence-electron chi connectivity index (χ0n) is 11.3. The Morgan fingerprint density at radius 1 is 1.40 bits per heavy atom. The molecule has 6 heteroatoms. The van der Waals surface area contributed by atoms with Crippen molar-refractivity contribution in [2.75, 3.05) is 13.1 Å². The highest BCUT2D eigenvalue weighted by Crippen LogP contribution is 2.29. The maximum Gasteiger partial charge on any atom is 0.234 e. The van der Waals surface area contributed by atoms with Crippen molar-refractivity contribution in [2.24, 2.45) is 5.92 Å². The van der Waals surface area contributed by atoms with Gasteiger partial charge in [-0.1, -0.05) is 35.3 Å². The van der Waals surface area contributed by atoms with Gasteiger partial charge in [-0.25, -0.2) is 0 Å². The van der Waals surface area contributed by atoms with Crippen LogP contribution in [0.15, 0.2) is 18.2 Å². The Balaban J connectivity index is 0.00000200. The molecule has 2 rings (SSSR count). The van der Waals surface area contributed by atoms with E-state index in [-0.39, 0.29) is 24.4 Å². The largest absolute Gasteiger partial charge is 0.348 e. The van der Waals surface area contributed by atoms with Gasteiger partial charge in [0.25, 0.3) is 0 Å². The predicted molar refractivity (Wildman–Crippen MR) is 85.9 cm³/mol. The molecule has 1 fully saturated rings. The first-order valence-corrected chi connectivity index (χ1v) is 7.27. The number of carbonyl (C=O) groups is 1. The third kappa shape index (κ3) is 5.13. The van der Waals surface area contributed by atoms with Crippen LogP contribution in [0.25, 0.3) is 0 Å². The second kappa shape index (κ2) is 8.08. The van der Waals surface area contributed by atoms with Gasteiger partial charge in [0.05, 0.1) is 22.6 Å². The highest BCUT2D eigenvalue weighted by Gasteiger charge is 2.21. The summed E-state index contributed by atoms with van der Waals surface area (Å²) in [6.45, 7) is 3.18. The van der Waals surface area contributed by atoms with Gasteiger partial charge in [-0.05, 0) is 43.9 Å². The lowest BCUT2D eigenvalue weighted by Gasteiger charge is -2.16. The van der Waals surface area contributed by atoms with Crippen molar-refractivity contribution < 1.29 is 4.79 Å². The van der Waals surface area contributed by atoms with Crippen LogP contribution in [0.3, 0.4) is 0 Å². The van der Waals surface area contributed by atoms with Crippen LogP contribution in [0.2, 0.25) is 10.0 Å². The van der Waals surface area contributed by atoms with Crippen LogP contribution in [0, 0.1) is 5.92 Å². The number of halogens is 3. The molecule has 0 radical (unpaired) electrons. The summed E-state index contributed by atoms with van der Waals surface area (Å²) in [5.41, 5.74) is 0.838. The molecule has 1 saturated carbocycles. The predicted octanol–water partition coefficient (Wildman–Crippen LogP) is 3.59. The van der Waals surface area contributed by atoms with E-state index in [1.807, 2.05) is 19.1 Å². The van der Waals surface area contributed by atoms with Gasteiger partial charge in [-0.3, -0.25) is 4.79 Å². The summed E-state index contributed by atoms with van der Waals surface area (Å²) < 4.78 is 0. The minimum atomic E-state index is -0.151. The van der Waals surface area contributed by atoms with E-state index in [2.05, 4.69) is 10.6 Å². The quantitative estimate of drug-likeness (QED) is 0.833. The molecular weight excluding hydrogens is 319 g/mol. The zero-order chi connectivity index (χ0) is 13.8. The summed E-state index contributed by atoms with van der Waals surface area (Å²) in [6, 6.07) is 5.29. The van der Waals surface area contributed by atoms with Crippen molar-refractivity contribution in [3.05, 3.63) is 33.8 Å². The van der Waals surface area contributed by atoms with E-state index >= 15 is 0 Å². The topological polar surface area (TPSA) is 41.1 Å². The number of benzene rings is 1. The van der Waals surface area contributed by atoms with Crippen molar-refractivity contribution in [1.82, 2.24) is 10.6 Å². The zero-order valence-corrected chi connectivity index (χ0v) is 13.6. The van der Waals surface area contributed by atoms with E-state index in [4.69, 9.17) is 23.2 Å². The molecule has 1 aliphatic carbocycles. The van der Waals surface area contributed by atoms with Gasteiger partial charge < -0.3 is 10.6 Å². The standard InChI is InChI=1S/C14H18Cl2N2O.ClH/c1-9(11-3-2-4-12(15)14(11)16)18-13(19)8-17-7-10-5-6-10;/h2-4,9-10,17H,5-8H2,1H3,(H,18,19);1H. The minimum absolute atomic E-state index is 0. The highest BCUT2D eigenvalue weighted by molar-refractivity contribution is 6.42. The van der Waals surface area contributed by atoms with E-state index in [0.29, 0.717) is 16.6 Å². The van der Waals surface area contributed by atoms with Gasteiger partial charge >= 0.3 is 0 Å². The maximum atomic E-state index is 11.8. The maximum absolute atomic E-state index is 11.8. The number of nitrogens with one attached hydrogen (secondary N) is 2. The molecule has 1 amide bonds. The molecule has 0 spiro atoms. The number of carbonyl (C=O) groups excluding carboxylic acids is 1. The number of hydrogen-bond acceptors (Lipinski definition) is 2. The molecule has 2 N–H and O–H groups in total. The first-order chi connectivity index (χ1) is 9.08. The average Bonchev–Trinajstić information content (AvgIpc) is 3.16. The molecule has 0 aliphatic heterocycles. The summed E-state index contributed by atoms with van der Waals surface area (Å²) in [6.07, 6.45) is 2.56. The second-order valence-corrected chi connectivity index (χ2v) is 5.79. The molecule has 1 atom stereocenters.